The fourth-order valence-corrected chi connectivity index (χ4v) is 2.57. The van der Waals surface area contributed by atoms with Gasteiger partial charge in [0.1, 0.15) is 6.07 Å². The number of pyridine rings is 2. The van der Waals surface area contributed by atoms with Crippen molar-refractivity contribution in [1.29, 1.82) is 5.26 Å². The van der Waals surface area contributed by atoms with Crippen LogP contribution in [0.3, 0.4) is 0 Å². The van der Waals surface area contributed by atoms with Crippen molar-refractivity contribution in [3.05, 3.63) is 35.9 Å². The molecule has 1 saturated heterocycles. The summed E-state index contributed by atoms with van der Waals surface area (Å²) in [5, 5.41) is 9.31. The predicted molar refractivity (Wildman–Crippen MR) is 84.4 cm³/mol. The van der Waals surface area contributed by atoms with Crippen molar-refractivity contribution in [2.45, 2.75) is 6.92 Å². The molecule has 0 bridgehead atoms. The van der Waals surface area contributed by atoms with Gasteiger partial charge in [0.2, 0.25) is 0 Å². The number of morpholine rings is 1. The van der Waals surface area contributed by atoms with Gasteiger partial charge >= 0.3 is 0 Å². The molecule has 1 aliphatic rings. The molecule has 0 saturated carbocycles. The minimum atomic E-state index is 0.431. The summed E-state index contributed by atoms with van der Waals surface area (Å²) in [4.78, 5) is 10.7. The lowest BCUT2D eigenvalue weighted by atomic mass is 10.0. The summed E-state index contributed by atoms with van der Waals surface area (Å²) < 4.78 is 5.37. The summed E-state index contributed by atoms with van der Waals surface area (Å²) in [6.45, 7) is 4.77. The predicted octanol–water partition coefficient (Wildman–Crippen LogP) is 1.74. The molecule has 1 aliphatic heterocycles. The Morgan fingerprint density at radius 1 is 1.23 bits per heavy atom. The third-order valence-electron chi connectivity index (χ3n) is 3.74. The first kappa shape index (κ1) is 14.3. The Hall–Kier alpha value is -2.65. The molecule has 0 spiro atoms. The number of nitrogen functional groups attached to an aromatic ring is 1. The van der Waals surface area contributed by atoms with Crippen molar-refractivity contribution in [1.82, 2.24) is 9.97 Å². The van der Waals surface area contributed by atoms with Crippen LogP contribution in [0.2, 0.25) is 0 Å². The van der Waals surface area contributed by atoms with Crippen LogP contribution in [0, 0.1) is 18.3 Å². The second kappa shape index (κ2) is 6.00. The summed E-state index contributed by atoms with van der Waals surface area (Å²) in [6, 6.07) is 6.03. The van der Waals surface area contributed by atoms with Crippen LogP contribution in [0.4, 0.5) is 11.4 Å². The quantitative estimate of drug-likeness (QED) is 0.908. The second-order valence-electron chi connectivity index (χ2n) is 5.20. The normalized spacial score (nSPS) is 14.6. The summed E-state index contributed by atoms with van der Waals surface area (Å²) in [5.74, 6) is 0. The van der Waals surface area contributed by atoms with Crippen molar-refractivity contribution in [2.24, 2.45) is 0 Å². The molecule has 6 heteroatoms. The average molecular weight is 295 g/mol. The molecule has 0 aliphatic carbocycles. The maximum atomic E-state index is 9.31. The van der Waals surface area contributed by atoms with E-state index in [9.17, 15) is 5.26 Å². The van der Waals surface area contributed by atoms with E-state index in [4.69, 9.17) is 10.5 Å². The van der Waals surface area contributed by atoms with Crippen molar-refractivity contribution in [3.8, 4) is 17.2 Å². The fraction of sp³-hybridized carbons (Fsp3) is 0.312. The van der Waals surface area contributed by atoms with E-state index in [0.29, 0.717) is 24.6 Å². The van der Waals surface area contributed by atoms with Crippen molar-refractivity contribution < 1.29 is 4.74 Å². The van der Waals surface area contributed by atoms with Crippen molar-refractivity contribution >= 4 is 11.4 Å². The highest BCUT2D eigenvalue weighted by atomic mass is 16.5. The molecule has 1 fully saturated rings. The third kappa shape index (κ3) is 2.71. The van der Waals surface area contributed by atoms with E-state index in [1.54, 1.807) is 12.4 Å². The lowest BCUT2D eigenvalue weighted by molar-refractivity contribution is 0.122. The zero-order chi connectivity index (χ0) is 15.5. The van der Waals surface area contributed by atoms with Crippen LogP contribution in [-0.4, -0.2) is 36.3 Å². The van der Waals surface area contributed by atoms with Crippen LogP contribution in [0.1, 0.15) is 11.4 Å². The minimum absolute atomic E-state index is 0.431. The Morgan fingerprint density at radius 3 is 2.73 bits per heavy atom. The number of nitriles is 1. The Bertz CT molecular complexity index is 732. The summed E-state index contributed by atoms with van der Waals surface area (Å²) >= 11 is 0. The molecule has 112 valence electrons. The van der Waals surface area contributed by atoms with Crippen LogP contribution >= 0.6 is 0 Å². The lowest BCUT2D eigenvalue weighted by Gasteiger charge is -2.29. The van der Waals surface area contributed by atoms with Crippen LogP contribution in [0.5, 0.6) is 0 Å². The van der Waals surface area contributed by atoms with Gasteiger partial charge in [-0.2, -0.15) is 5.26 Å². The van der Waals surface area contributed by atoms with E-state index in [1.807, 2.05) is 19.1 Å². The molecule has 0 radical (unpaired) electrons. The molecule has 22 heavy (non-hydrogen) atoms. The molecular weight excluding hydrogens is 278 g/mol. The Labute approximate surface area is 129 Å². The van der Waals surface area contributed by atoms with Gasteiger partial charge in [0, 0.05) is 36.1 Å². The zero-order valence-corrected chi connectivity index (χ0v) is 12.4. The van der Waals surface area contributed by atoms with Crippen LogP contribution in [0.15, 0.2) is 24.5 Å². The molecule has 0 aromatic carbocycles. The molecule has 0 amide bonds. The molecule has 3 rings (SSSR count). The van der Waals surface area contributed by atoms with E-state index in [2.05, 4.69) is 20.9 Å². The molecular formula is C16H17N5O. The van der Waals surface area contributed by atoms with Gasteiger partial charge in [-0.1, -0.05) is 0 Å². The number of hydrogen-bond donors (Lipinski definition) is 1. The topological polar surface area (TPSA) is 88.1 Å². The summed E-state index contributed by atoms with van der Waals surface area (Å²) in [6.07, 6.45) is 3.34. The van der Waals surface area contributed by atoms with Gasteiger partial charge in [-0.3, -0.25) is 4.98 Å². The molecule has 0 unspecified atom stereocenters. The molecule has 2 aromatic rings. The standard InChI is InChI=1S/C16H17N5O/c1-11-14(7-13(18)10-19-11)12-6-16(15(8-17)20-9-12)21-2-4-22-5-3-21/h6-7,9-10H,2-5,18H2,1H3. The molecule has 6 nitrogen and oxygen atoms in total. The molecule has 2 aromatic heterocycles. The Morgan fingerprint density at radius 2 is 2.00 bits per heavy atom. The van der Waals surface area contributed by atoms with E-state index in [1.165, 1.54) is 0 Å². The van der Waals surface area contributed by atoms with Gasteiger partial charge < -0.3 is 15.4 Å². The van der Waals surface area contributed by atoms with E-state index < -0.39 is 0 Å². The number of aromatic nitrogens is 2. The average Bonchev–Trinajstić information content (AvgIpc) is 2.57. The Balaban J connectivity index is 2.07. The maximum Gasteiger partial charge on any atom is 0.163 e. The first-order valence-electron chi connectivity index (χ1n) is 7.14. The van der Waals surface area contributed by atoms with Gasteiger partial charge in [-0.05, 0) is 19.1 Å². The van der Waals surface area contributed by atoms with Gasteiger partial charge in [0.05, 0.1) is 30.8 Å². The summed E-state index contributed by atoms with van der Waals surface area (Å²) in [7, 11) is 0. The van der Waals surface area contributed by atoms with Crippen molar-refractivity contribution in [3.63, 3.8) is 0 Å². The number of nitrogens with two attached hydrogens (primary N) is 1. The van der Waals surface area contributed by atoms with Gasteiger partial charge in [-0.25, -0.2) is 4.98 Å². The van der Waals surface area contributed by atoms with E-state index >= 15 is 0 Å². The van der Waals surface area contributed by atoms with Crippen LogP contribution in [0.25, 0.3) is 11.1 Å². The number of nitrogens with zero attached hydrogens (tertiary/aromatic N) is 4. The van der Waals surface area contributed by atoms with E-state index in [-0.39, 0.29) is 0 Å². The number of ether oxygens (including phenoxy) is 1. The third-order valence-corrected chi connectivity index (χ3v) is 3.74. The number of anilines is 2. The second-order valence-corrected chi connectivity index (χ2v) is 5.20. The minimum Gasteiger partial charge on any atom is -0.397 e. The van der Waals surface area contributed by atoms with Crippen LogP contribution in [-0.2, 0) is 4.74 Å². The smallest absolute Gasteiger partial charge is 0.163 e. The molecule has 2 N–H and O–H groups in total. The highest BCUT2D eigenvalue weighted by Gasteiger charge is 2.17. The van der Waals surface area contributed by atoms with Gasteiger partial charge in [0.25, 0.3) is 0 Å². The number of hydrogen-bond acceptors (Lipinski definition) is 6. The SMILES string of the molecule is Cc1ncc(N)cc1-c1cnc(C#N)c(N2CCOCC2)c1. The van der Waals surface area contributed by atoms with E-state index in [0.717, 1.165) is 35.6 Å². The maximum absolute atomic E-state index is 9.31. The van der Waals surface area contributed by atoms with Gasteiger partial charge in [0.15, 0.2) is 5.69 Å². The fourth-order valence-electron chi connectivity index (χ4n) is 2.57. The first-order chi connectivity index (χ1) is 10.7. The first-order valence-corrected chi connectivity index (χ1v) is 7.14. The summed E-state index contributed by atoms with van der Waals surface area (Å²) in [5.41, 5.74) is 10.5. The molecule has 0 atom stereocenters. The monoisotopic (exact) mass is 295 g/mol. The molecule has 3 heterocycles. The number of rotatable bonds is 2. The Kier molecular flexibility index (Phi) is 3.90. The van der Waals surface area contributed by atoms with Crippen LogP contribution < -0.4 is 10.6 Å². The van der Waals surface area contributed by atoms with Crippen molar-refractivity contribution in [2.75, 3.05) is 36.9 Å². The van der Waals surface area contributed by atoms with Gasteiger partial charge in [-0.15, -0.1) is 0 Å². The highest BCUT2D eigenvalue weighted by Crippen LogP contribution is 2.29. The number of aryl methyl sites for hydroxylation is 1. The largest absolute Gasteiger partial charge is 0.397 e. The lowest BCUT2D eigenvalue weighted by Crippen LogP contribution is -2.36. The zero-order valence-electron chi connectivity index (χ0n) is 12.4. The highest BCUT2D eigenvalue weighted by molar-refractivity contribution is 5.73.